The fraction of sp³-hybridized carbons (Fsp3) is 0. The molecule has 0 saturated carbocycles. The number of phenolic OH excluding ortho intramolecular Hbond substituents is 1. The van der Waals surface area contributed by atoms with E-state index in [4.69, 9.17) is 0 Å². The number of aromatic nitrogens is 4. The summed E-state index contributed by atoms with van der Waals surface area (Å²) in [5, 5.41) is 20.8. The van der Waals surface area contributed by atoms with Crippen molar-refractivity contribution in [2.45, 2.75) is 0 Å². The highest BCUT2D eigenvalue weighted by molar-refractivity contribution is 5.82. The van der Waals surface area contributed by atoms with Crippen LogP contribution in [0.1, 0.15) is 0 Å². The van der Waals surface area contributed by atoms with Crippen LogP contribution in [0.4, 0.5) is 11.5 Å². The lowest BCUT2D eigenvalue weighted by Crippen LogP contribution is -1.95. The molecule has 0 aliphatic rings. The predicted molar refractivity (Wildman–Crippen MR) is 88.5 cm³/mol. The summed E-state index contributed by atoms with van der Waals surface area (Å²) >= 11 is 0. The fourth-order valence-electron chi connectivity index (χ4n) is 2.42. The van der Waals surface area contributed by atoms with Crippen LogP contribution in [0.2, 0.25) is 0 Å². The second-order valence-electron chi connectivity index (χ2n) is 5.14. The van der Waals surface area contributed by atoms with Crippen LogP contribution < -0.4 is 5.32 Å². The molecule has 2 aromatic carbocycles. The Balaban J connectivity index is 1.65. The van der Waals surface area contributed by atoms with Crippen molar-refractivity contribution in [2.24, 2.45) is 0 Å². The maximum Gasteiger partial charge on any atom is 0.134 e. The Kier molecular flexibility index (Phi) is 3.12. The van der Waals surface area contributed by atoms with Crippen molar-refractivity contribution in [1.29, 1.82) is 0 Å². The largest absolute Gasteiger partial charge is 0.508 e. The average Bonchev–Trinajstić information content (AvgIpc) is 3.03. The van der Waals surface area contributed by atoms with Crippen LogP contribution in [0.3, 0.4) is 0 Å². The minimum Gasteiger partial charge on any atom is -0.508 e. The molecule has 2 heterocycles. The van der Waals surface area contributed by atoms with Crippen LogP contribution in [0.15, 0.2) is 61.1 Å². The Morgan fingerprint density at radius 1 is 1.00 bits per heavy atom. The number of aromatic hydroxyl groups is 1. The molecule has 0 bridgehead atoms. The van der Waals surface area contributed by atoms with Crippen LogP contribution in [-0.2, 0) is 0 Å². The molecule has 0 unspecified atom stereocenters. The van der Waals surface area contributed by atoms with Crippen LogP contribution >= 0.6 is 0 Å². The van der Waals surface area contributed by atoms with E-state index < -0.39 is 0 Å². The maximum atomic E-state index is 9.59. The molecule has 0 fully saturated rings. The highest BCUT2D eigenvalue weighted by Crippen LogP contribution is 2.24. The molecule has 0 amide bonds. The molecule has 0 spiro atoms. The molecule has 6 heteroatoms. The Hall–Kier alpha value is -3.41. The highest BCUT2D eigenvalue weighted by atomic mass is 16.3. The minimum atomic E-state index is 0.209. The zero-order chi connectivity index (χ0) is 15.6. The summed E-state index contributed by atoms with van der Waals surface area (Å²) in [4.78, 5) is 8.50. The monoisotopic (exact) mass is 303 g/mol. The lowest BCUT2D eigenvalue weighted by atomic mass is 10.1. The van der Waals surface area contributed by atoms with E-state index in [1.54, 1.807) is 24.4 Å². The van der Waals surface area contributed by atoms with Gasteiger partial charge in [0.15, 0.2) is 0 Å². The number of anilines is 2. The van der Waals surface area contributed by atoms with Crippen LogP contribution in [-0.4, -0.2) is 25.3 Å². The van der Waals surface area contributed by atoms with Crippen molar-refractivity contribution in [3.05, 3.63) is 61.1 Å². The van der Waals surface area contributed by atoms with E-state index in [1.807, 2.05) is 30.3 Å². The number of rotatable bonds is 3. The zero-order valence-electron chi connectivity index (χ0n) is 12.1. The molecule has 6 nitrogen and oxygen atoms in total. The van der Waals surface area contributed by atoms with Gasteiger partial charge in [-0.2, -0.15) is 5.10 Å². The first kappa shape index (κ1) is 13.3. The summed E-state index contributed by atoms with van der Waals surface area (Å²) in [6.45, 7) is 0. The average molecular weight is 303 g/mol. The number of hydrogen-bond acceptors (Lipinski definition) is 5. The van der Waals surface area contributed by atoms with Gasteiger partial charge in [0, 0.05) is 22.7 Å². The van der Waals surface area contributed by atoms with Crippen molar-refractivity contribution in [3.8, 4) is 17.0 Å². The molecule has 4 aromatic rings. The first-order valence-electron chi connectivity index (χ1n) is 7.09. The summed E-state index contributed by atoms with van der Waals surface area (Å²) in [5.74, 6) is 0.891. The summed E-state index contributed by atoms with van der Waals surface area (Å²) in [6, 6.07) is 14.7. The van der Waals surface area contributed by atoms with Gasteiger partial charge < -0.3 is 10.4 Å². The molecular formula is C17H13N5O. The summed E-state index contributed by atoms with van der Waals surface area (Å²) < 4.78 is 0. The third-order valence-electron chi connectivity index (χ3n) is 3.52. The molecule has 0 saturated heterocycles. The first-order valence-corrected chi connectivity index (χ1v) is 7.09. The second-order valence-corrected chi connectivity index (χ2v) is 5.14. The van der Waals surface area contributed by atoms with Gasteiger partial charge in [-0.3, -0.25) is 5.10 Å². The van der Waals surface area contributed by atoms with Crippen LogP contribution in [0.25, 0.3) is 22.2 Å². The number of hydrogen-bond donors (Lipinski definition) is 3. The lowest BCUT2D eigenvalue weighted by molar-refractivity contribution is 0.475. The number of fused-ring (bicyclic) bond motifs is 1. The Bertz CT molecular complexity index is 979. The van der Waals surface area contributed by atoms with Crippen molar-refractivity contribution < 1.29 is 5.11 Å². The molecule has 112 valence electrons. The Morgan fingerprint density at radius 3 is 2.87 bits per heavy atom. The summed E-state index contributed by atoms with van der Waals surface area (Å²) in [5.41, 5.74) is 3.47. The standard InChI is InChI=1S/C17H13N5O/c23-14-3-1-2-11(7-14)16-8-17(19-10-18-16)21-13-4-5-15-12(6-13)9-20-22-15/h1-10,23H,(H,20,22)(H,18,19,21). The molecule has 4 rings (SSSR count). The van der Waals surface area contributed by atoms with E-state index in [0.29, 0.717) is 5.82 Å². The quantitative estimate of drug-likeness (QED) is 0.539. The van der Waals surface area contributed by atoms with Gasteiger partial charge in [0.05, 0.1) is 17.4 Å². The van der Waals surface area contributed by atoms with Crippen molar-refractivity contribution in [1.82, 2.24) is 20.2 Å². The second kappa shape index (κ2) is 5.42. The third kappa shape index (κ3) is 2.69. The molecule has 2 aromatic heterocycles. The highest BCUT2D eigenvalue weighted by Gasteiger charge is 2.04. The van der Waals surface area contributed by atoms with E-state index in [1.165, 1.54) is 6.33 Å². The molecule has 0 aliphatic carbocycles. The molecule has 0 radical (unpaired) electrons. The number of phenols is 1. The summed E-state index contributed by atoms with van der Waals surface area (Å²) in [7, 11) is 0. The van der Waals surface area contributed by atoms with E-state index in [0.717, 1.165) is 27.8 Å². The first-order chi connectivity index (χ1) is 11.3. The maximum absolute atomic E-state index is 9.59. The molecular weight excluding hydrogens is 290 g/mol. The third-order valence-corrected chi connectivity index (χ3v) is 3.52. The van der Waals surface area contributed by atoms with Crippen molar-refractivity contribution in [2.75, 3.05) is 5.32 Å². The zero-order valence-corrected chi connectivity index (χ0v) is 12.1. The van der Waals surface area contributed by atoms with E-state index in [9.17, 15) is 5.11 Å². The van der Waals surface area contributed by atoms with Crippen molar-refractivity contribution in [3.63, 3.8) is 0 Å². The van der Waals surface area contributed by atoms with E-state index in [-0.39, 0.29) is 5.75 Å². The number of aromatic amines is 1. The van der Waals surface area contributed by atoms with Gasteiger partial charge in [-0.1, -0.05) is 12.1 Å². The lowest BCUT2D eigenvalue weighted by Gasteiger charge is -2.07. The Morgan fingerprint density at radius 2 is 1.96 bits per heavy atom. The number of nitrogens with zero attached hydrogens (tertiary/aromatic N) is 3. The van der Waals surface area contributed by atoms with E-state index in [2.05, 4.69) is 25.5 Å². The fourth-order valence-corrected chi connectivity index (χ4v) is 2.42. The van der Waals surface area contributed by atoms with Gasteiger partial charge in [-0.25, -0.2) is 9.97 Å². The smallest absolute Gasteiger partial charge is 0.134 e. The SMILES string of the molecule is Oc1cccc(-c2cc(Nc3ccc4[nH]ncc4c3)ncn2)c1. The number of benzene rings is 2. The van der Waals surface area contributed by atoms with Gasteiger partial charge in [0.25, 0.3) is 0 Å². The molecule has 0 atom stereocenters. The van der Waals surface area contributed by atoms with Gasteiger partial charge in [0.1, 0.15) is 17.9 Å². The van der Waals surface area contributed by atoms with E-state index >= 15 is 0 Å². The van der Waals surface area contributed by atoms with Crippen LogP contribution in [0.5, 0.6) is 5.75 Å². The number of nitrogens with one attached hydrogen (secondary N) is 2. The normalized spacial score (nSPS) is 10.8. The van der Waals surface area contributed by atoms with Crippen molar-refractivity contribution >= 4 is 22.4 Å². The van der Waals surface area contributed by atoms with Gasteiger partial charge in [0.2, 0.25) is 0 Å². The number of H-pyrrole nitrogens is 1. The molecule has 0 aliphatic heterocycles. The van der Waals surface area contributed by atoms with Crippen LogP contribution in [0, 0.1) is 0 Å². The predicted octanol–water partition coefficient (Wildman–Crippen LogP) is 3.47. The Labute approximate surface area is 131 Å². The topological polar surface area (TPSA) is 86.7 Å². The van der Waals surface area contributed by atoms with Gasteiger partial charge >= 0.3 is 0 Å². The van der Waals surface area contributed by atoms with Gasteiger partial charge in [-0.15, -0.1) is 0 Å². The van der Waals surface area contributed by atoms with Gasteiger partial charge in [-0.05, 0) is 30.3 Å². The molecule has 3 N–H and O–H groups in total. The minimum absolute atomic E-state index is 0.209. The summed E-state index contributed by atoms with van der Waals surface area (Å²) in [6.07, 6.45) is 3.27. The molecule has 23 heavy (non-hydrogen) atoms.